The summed E-state index contributed by atoms with van der Waals surface area (Å²) in [7, 11) is 0. The van der Waals surface area contributed by atoms with Crippen LogP contribution in [0.4, 0.5) is 4.39 Å². The van der Waals surface area contributed by atoms with E-state index in [2.05, 4.69) is 4.98 Å². The van der Waals surface area contributed by atoms with Gasteiger partial charge in [0, 0.05) is 31.0 Å². The Balaban J connectivity index is 1.63. The van der Waals surface area contributed by atoms with Crippen molar-refractivity contribution in [3.63, 3.8) is 0 Å². The lowest BCUT2D eigenvalue weighted by Gasteiger charge is -2.27. The zero-order valence-corrected chi connectivity index (χ0v) is 16.5. The Morgan fingerprint density at radius 1 is 1.23 bits per heavy atom. The molecule has 1 aliphatic rings. The van der Waals surface area contributed by atoms with Crippen molar-refractivity contribution in [1.29, 1.82) is 0 Å². The van der Waals surface area contributed by atoms with Gasteiger partial charge in [0.25, 0.3) is 5.91 Å². The number of carbonyl (C=O) groups excluding carboxylic acids is 2. The van der Waals surface area contributed by atoms with Crippen molar-refractivity contribution in [2.75, 3.05) is 6.54 Å². The summed E-state index contributed by atoms with van der Waals surface area (Å²) in [5.74, 6) is -2.07. The quantitative estimate of drug-likeness (QED) is 0.561. The summed E-state index contributed by atoms with van der Waals surface area (Å²) >= 11 is 0. The summed E-state index contributed by atoms with van der Waals surface area (Å²) in [5, 5.41) is 10.5. The first-order valence-electron chi connectivity index (χ1n) is 9.76. The Bertz CT molecular complexity index is 1130. The molecule has 31 heavy (non-hydrogen) atoms. The molecule has 3 heterocycles. The van der Waals surface area contributed by atoms with E-state index in [0.717, 1.165) is 0 Å². The fourth-order valence-electron chi connectivity index (χ4n) is 3.63. The number of hydrogen-bond donors (Lipinski definition) is 1. The monoisotopic (exact) mass is 421 g/mol. The van der Waals surface area contributed by atoms with Crippen LogP contribution in [0.25, 0.3) is 6.08 Å². The first-order valence-corrected chi connectivity index (χ1v) is 9.76. The van der Waals surface area contributed by atoms with E-state index in [4.69, 9.17) is 4.42 Å². The van der Waals surface area contributed by atoms with Gasteiger partial charge >= 0.3 is 0 Å². The van der Waals surface area contributed by atoms with Gasteiger partial charge in [-0.25, -0.2) is 9.37 Å². The van der Waals surface area contributed by atoms with Crippen molar-refractivity contribution >= 4 is 17.8 Å². The molecule has 2 aromatic heterocycles. The molecule has 1 unspecified atom stereocenters. The third-order valence-electron chi connectivity index (χ3n) is 5.09. The topological polar surface area (TPSA) is 88.6 Å². The first kappa shape index (κ1) is 20.3. The van der Waals surface area contributed by atoms with Crippen LogP contribution in [0.2, 0.25) is 0 Å². The minimum atomic E-state index is -1.02. The van der Waals surface area contributed by atoms with Gasteiger partial charge in [-0.2, -0.15) is 0 Å². The Morgan fingerprint density at radius 3 is 2.77 bits per heavy atom. The number of halogens is 1. The van der Waals surface area contributed by atoms with Crippen LogP contribution >= 0.6 is 0 Å². The standard InChI is InChI=1S/C23H20FN3O4/c24-18-7-2-1-6-17(18)21-20(19(28)9-8-16-5-3-14-31-16)22(29)23(30)27(21)12-4-11-26-13-10-25-15-26/h1-3,5-10,13-15,21,29H,4,11-12H2. The maximum atomic E-state index is 14.7. The van der Waals surface area contributed by atoms with Crippen LogP contribution in [-0.4, -0.2) is 37.8 Å². The zero-order valence-electron chi connectivity index (χ0n) is 16.5. The van der Waals surface area contributed by atoms with Crippen LogP contribution in [0.15, 0.2) is 83.2 Å². The molecule has 0 saturated heterocycles. The number of carbonyl (C=O) groups is 2. The van der Waals surface area contributed by atoms with E-state index in [1.165, 1.54) is 41.5 Å². The summed E-state index contributed by atoms with van der Waals surface area (Å²) < 4.78 is 21.7. The van der Waals surface area contributed by atoms with Crippen LogP contribution in [-0.2, 0) is 16.1 Å². The van der Waals surface area contributed by atoms with Crippen LogP contribution in [0, 0.1) is 5.82 Å². The van der Waals surface area contributed by atoms with Crippen LogP contribution in [0.5, 0.6) is 0 Å². The fraction of sp³-hybridized carbons (Fsp3) is 0.174. The molecule has 4 rings (SSSR count). The Labute approximate surface area is 177 Å². The smallest absolute Gasteiger partial charge is 0.290 e. The second kappa shape index (κ2) is 8.83. The van der Waals surface area contributed by atoms with Gasteiger partial charge in [-0.05, 0) is 36.8 Å². The van der Waals surface area contributed by atoms with Gasteiger partial charge in [0.05, 0.1) is 24.2 Å². The van der Waals surface area contributed by atoms with Gasteiger partial charge in [0.2, 0.25) is 0 Å². The van der Waals surface area contributed by atoms with Crippen molar-refractivity contribution in [3.05, 3.63) is 95.9 Å². The molecular weight excluding hydrogens is 401 g/mol. The number of aliphatic hydroxyl groups is 1. The van der Waals surface area contributed by atoms with Gasteiger partial charge in [0.15, 0.2) is 11.5 Å². The molecule has 0 spiro atoms. The molecule has 158 valence electrons. The molecule has 1 aromatic carbocycles. The maximum absolute atomic E-state index is 14.7. The van der Waals surface area contributed by atoms with Crippen LogP contribution < -0.4 is 0 Å². The van der Waals surface area contributed by atoms with E-state index in [0.29, 0.717) is 18.7 Å². The number of amides is 1. The molecule has 1 N–H and O–H groups in total. The summed E-state index contributed by atoms with van der Waals surface area (Å²) in [6.45, 7) is 0.801. The number of aliphatic hydroxyl groups excluding tert-OH is 1. The Morgan fingerprint density at radius 2 is 2.06 bits per heavy atom. The van der Waals surface area contributed by atoms with Gasteiger partial charge in [-0.3, -0.25) is 9.59 Å². The molecule has 0 aliphatic carbocycles. The molecule has 1 atom stereocenters. The van der Waals surface area contributed by atoms with E-state index in [1.54, 1.807) is 36.9 Å². The molecule has 3 aromatic rings. The normalized spacial score (nSPS) is 16.6. The highest BCUT2D eigenvalue weighted by molar-refractivity contribution is 6.14. The zero-order chi connectivity index (χ0) is 21.8. The number of nitrogens with zero attached hydrogens (tertiary/aromatic N) is 3. The summed E-state index contributed by atoms with van der Waals surface area (Å²) in [4.78, 5) is 31.1. The van der Waals surface area contributed by atoms with Gasteiger partial charge in [-0.1, -0.05) is 18.2 Å². The van der Waals surface area contributed by atoms with Crippen molar-refractivity contribution in [2.24, 2.45) is 0 Å². The minimum Gasteiger partial charge on any atom is -0.503 e. The molecular formula is C23H20FN3O4. The number of ketones is 1. The molecule has 1 aliphatic heterocycles. The molecule has 1 amide bonds. The number of imidazole rings is 1. The fourth-order valence-corrected chi connectivity index (χ4v) is 3.63. The first-order chi connectivity index (χ1) is 15.1. The lowest BCUT2D eigenvalue weighted by atomic mass is 9.95. The SMILES string of the molecule is O=C(C=Cc1ccco1)C1=C(O)C(=O)N(CCCn2ccnc2)C1c1ccccc1F. The maximum Gasteiger partial charge on any atom is 0.290 e. The molecule has 0 saturated carbocycles. The van der Waals surface area contributed by atoms with Crippen LogP contribution in [0.1, 0.15) is 23.8 Å². The summed E-state index contributed by atoms with van der Waals surface area (Å²) in [6.07, 6.45) is 9.75. The van der Waals surface area contributed by atoms with Gasteiger partial charge in [-0.15, -0.1) is 0 Å². The lowest BCUT2D eigenvalue weighted by Crippen LogP contribution is -2.33. The molecule has 0 fully saturated rings. The van der Waals surface area contributed by atoms with Crippen molar-refractivity contribution in [3.8, 4) is 0 Å². The number of aryl methyl sites for hydroxylation is 1. The summed E-state index contributed by atoms with van der Waals surface area (Å²) in [5.41, 5.74) is -0.00202. The van der Waals surface area contributed by atoms with Crippen molar-refractivity contribution in [1.82, 2.24) is 14.5 Å². The number of benzene rings is 1. The Hall–Kier alpha value is -3.94. The highest BCUT2D eigenvalue weighted by Crippen LogP contribution is 2.39. The van der Waals surface area contributed by atoms with Crippen molar-refractivity contribution < 1.29 is 23.5 Å². The number of allylic oxidation sites excluding steroid dienone is 1. The van der Waals surface area contributed by atoms with Crippen molar-refractivity contribution in [2.45, 2.75) is 19.0 Å². The number of aromatic nitrogens is 2. The molecule has 7 nitrogen and oxygen atoms in total. The minimum absolute atomic E-state index is 0.150. The summed E-state index contributed by atoms with van der Waals surface area (Å²) in [6, 6.07) is 8.24. The number of rotatable bonds is 8. The molecule has 0 radical (unpaired) electrons. The molecule has 0 bridgehead atoms. The highest BCUT2D eigenvalue weighted by atomic mass is 19.1. The van der Waals surface area contributed by atoms with E-state index >= 15 is 0 Å². The average Bonchev–Trinajstić information content (AvgIpc) is 3.51. The number of furan rings is 1. The van der Waals surface area contributed by atoms with Gasteiger partial charge < -0.3 is 19.0 Å². The predicted molar refractivity (Wildman–Crippen MR) is 110 cm³/mol. The Kier molecular flexibility index (Phi) is 5.79. The predicted octanol–water partition coefficient (Wildman–Crippen LogP) is 3.68. The average molecular weight is 421 g/mol. The third kappa shape index (κ3) is 4.18. The second-order valence-electron chi connectivity index (χ2n) is 7.05. The lowest BCUT2D eigenvalue weighted by molar-refractivity contribution is -0.129. The second-order valence-corrected chi connectivity index (χ2v) is 7.05. The largest absolute Gasteiger partial charge is 0.503 e. The highest BCUT2D eigenvalue weighted by Gasteiger charge is 2.43. The van der Waals surface area contributed by atoms with E-state index in [1.807, 2.05) is 4.57 Å². The molecule has 8 heteroatoms. The number of hydrogen-bond acceptors (Lipinski definition) is 5. The van der Waals surface area contributed by atoms with Gasteiger partial charge in [0.1, 0.15) is 11.6 Å². The van der Waals surface area contributed by atoms with E-state index < -0.39 is 29.3 Å². The van der Waals surface area contributed by atoms with Crippen LogP contribution in [0.3, 0.4) is 0 Å². The van der Waals surface area contributed by atoms with E-state index in [9.17, 15) is 19.1 Å². The third-order valence-corrected chi connectivity index (χ3v) is 5.09. The van der Waals surface area contributed by atoms with E-state index in [-0.39, 0.29) is 17.7 Å².